The van der Waals surface area contributed by atoms with Crippen molar-refractivity contribution in [3.05, 3.63) is 94.5 Å². The zero-order chi connectivity index (χ0) is 17.5. The summed E-state index contributed by atoms with van der Waals surface area (Å²) in [6, 6.07) is 22.3. The van der Waals surface area contributed by atoms with Crippen LogP contribution in [-0.2, 0) is 12.8 Å². The molecule has 5 rings (SSSR count). The number of aryl methyl sites for hydroxylation is 2. The largest absolute Gasteiger partial charge is 0.293 e. The number of pyridine rings is 1. The van der Waals surface area contributed by atoms with Crippen LogP contribution in [0.3, 0.4) is 0 Å². The number of aromatic nitrogens is 3. The number of benzene rings is 2. The number of H-pyrrole nitrogens is 1. The molecule has 126 valence electrons. The fraction of sp³-hybridized carbons (Fsp3) is 0.0909. The Morgan fingerprint density at radius 1 is 0.885 bits per heavy atom. The zero-order valence-corrected chi connectivity index (χ0v) is 14.1. The van der Waals surface area contributed by atoms with E-state index >= 15 is 0 Å². The van der Waals surface area contributed by atoms with E-state index in [2.05, 4.69) is 40.4 Å². The smallest absolute Gasteiger partial charge is 0.280 e. The molecule has 0 radical (unpaired) electrons. The van der Waals surface area contributed by atoms with Gasteiger partial charge in [0.15, 0.2) is 5.82 Å². The summed E-state index contributed by atoms with van der Waals surface area (Å²) in [7, 11) is 0. The second-order valence-corrected chi connectivity index (χ2v) is 6.53. The fourth-order valence-electron chi connectivity index (χ4n) is 3.70. The molecule has 4 heteroatoms. The topological polar surface area (TPSA) is 50.7 Å². The van der Waals surface area contributed by atoms with Crippen molar-refractivity contribution in [3.63, 3.8) is 0 Å². The highest BCUT2D eigenvalue weighted by Gasteiger charge is 2.24. The number of nitrogens with one attached hydrogen (secondary N) is 1. The first-order valence-corrected chi connectivity index (χ1v) is 8.75. The number of hydrogen-bond donors (Lipinski definition) is 1. The molecule has 4 nitrogen and oxygen atoms in total. The molecule has 4 aromatic rings. The van der Waals surface area contributed by atoms with Crippen molar-refractivity contribution in [2.45, 2.75) is 12.8 Å². The minimum atomic E-state index is -0.0351. The lowest BCUT2D eigenvalue weighted by molar-refractivity contribution is 0.781. The van der Waals surface area contributed by atoms with Gasteiger partial charge in [-0.3, -0.25) is 9.89 Å². The SMILES string of the molecule is O=c1c2c([nH]n1-c1ccccn1)CCc1cc(-c3ccccc3)ccc1-2. The normalized spacial score (nSPS) is 12.5. The lowest BCUT2D eigenvalue weighted by atomic mass is 9.87. The van der Waals surface area contributed by atoms with Gasteiger partial charge in [-0.15, -0.1) is 0 Å². The summed E-state index contributed by atoms with van der Waals surface area (Å²) in [5.41, 5.74) is 6.36. The van der Waals surface area contributed by atoms with Crippen LogP contribution >= 0.6 is 0 Å². The molecule has 0 amide bonds. The maximum Gasteiger partial charge on any atom is 0.280 e. The van der Waals surface area contributed by atoms with E-state index in [9.17, 15) is 4.79 Å². The number of hydrogen-bond acceptors (Lipinski definition) is 2. The van der Waals surface area contributed by atoms with Crippen LogP contribution in [0.4, 0.5) is 0 Å². The Hall–Kier alpha value is -3.40. The molecule has 0 unspecified atom stereocenters. The highest BCUT2D eigenvalue weighted by atomic mass is 16.1. The van der Waals surface area contributed by atoms with E-state index in [4.69, 9.17) is 0 Å². The van der Waals surface area contributed by atoms with E-state index in [0.717, 1.165) is 29.7 Å². The predicted molar refractivity (Wildman–Crippen MR) is 102 cm³/mol. The first kappa shape index (κ1) is 14.9. The number of nitrogens with zero attached hydrogens (tertiary/aromatic N) is 2. The molecule has 0 atom stereocenters. The van der Waals surface area contributed by atoms with Crippen molar-refractivity contribution in [3.8, 4) is 28.1 Å². The second kappa shape index (κ2) is 5.85. The van der Waals surface area contributed by atoms with Crippen molar-refractivity contribution in [2.75, 3.05) is 0 Å². The number of fused-ring (bicyclic) bond motifs is 3. The first-order chi connectivity index (χ1) is 12.8. The van der Waals surface area contributed by atoms with Crippen LogP contribution in [0.5, 0.6) is 0 Å². The fourth-order valence-corrected chi connectivity index (χ4v) is 3.70. The molecule has 1 aliphatic carbocycles. The van der Waals surface area contributed by atoms with E-state index in [1.54, 1.807) is 10.9 Å². The molecule has 0 aliphatic heterocycles. The van der Waals surface area contributed by atoms with Crippen LogP contribution in [0.1, 0.15) is 11.3 Å². The van der Waals surface area contributed by atoms with Gasteiger partial charge in [-0.25, -0.2) is 9.67 Å². The molecule has 0 saturated carbocycles. The Balaban J connectivity index is 1.64. The minimum Gasteiger partial charge on any atom is -0.293 e. The molecule has 0 fully saturated rings. The molecular weight excluding hydrogens is 322 g/mol. The predicted octanol–water partition coefficient (Wildman–Crippen LogP) is 3.99. The summed E-state index contributed by atoms with van der Waals surface area (Å²) < 4.78 is 1.55. The maximum absolute atomic E-state index is 13.0. The van der Waals surface area contributed by atoms with Gasteiger partial charge in [-0.2, -0.15) is 0 Å². The zero-order valence-electron chi connectivity index (χ0n) is 14.1. The average Bonchev–Trinajstić information content (AvgIpc) is 3.06. The van der Waals surface area contributed by atoms with E-state index in [1.807, 2.05) is 36.4 Å². The lowest BCUT2D eigenvalue weighted by Crippen LogP contribution is -2.17. The molecule has 26 heavy (non-hydrogen) atoms. The Morgan fingerprint density at radius 3 is 2.54 bits per heavy atom. The van der Waals surface area contributed by atoms with Crippen molar-refractivity contribution >= 4 is 0 Å². The summed E-state index contributed by atoms with van der Waals surface area (Å²) in [5, 5.41) is 3.25. The highest BCUT2D eigenvalue weighted by Crippen LogP contribution is 2.33. The van der Waals surface area contributed by atoms with Crippen molar-refractivity contribution < 1.29 is 0 Å². The summed E-state index contributed by atoms with van der Waals surface area (Å²) in [6.07, 6.45) is 3.45. The van der Waals surface area contributed by atoms with Crippen LogP contribution < -0.4 is 5.56 Å². The maximum atomic E-state index is 13.0. The summed E-state index contributed by atoms with van der Waals surface area (Å²) in [5.74, 6) is 0.620. The van der Waals surface area contributed by atoms with Crippen molar-refractivity contribution in [2.24, 2.45) is 0 Å². The van der Waals surface area contributed by atoms with Crippen molar-refractivity contribution in [1.29, 1.82) is 0 Å². The Labute approximate surface area is 150 Å². The lowest BCUT2D eigenvalue weighted by Gasteiger charge is -2.16. The highest BCUT2D eigenvalue weighted by molar-refractivity contribution is 5.76. The van der Waals surface area contributed by atoms with Gasteiger partial charge < -0.3 is 0 Å². The molecule has 1 N–H and O–H groups in total. The Morgan fingerprint density at radius 2 is 1.73 bits per heavy atom. The quantitative estimate of drug-likeness (QED) is 0.600. The molecule has 0 bridgehead atoms. The van der Waals surface area contributed by atoms with E-state index < -0.39 is 0 Å². The molecular formula is C22H17N3O. The Bertz CT molecular complexity index is 1140. The van der Waals surface area contributed by atoms with Gasteiger partial charge in [-0.05, 0) is 47.2 Å². The van der Waals surface area contributed by atoms with Crippen molar-refractivity contribution in [1.82, 2.24) is 14.8 Å². The van der Waals surface area contributed by atoms with Gasteiger partial charge in [0, 0.05) is 11.9 Å². The second-order valence-electron chi connectivity index (χ2n) is 6.53. The Kier molecular flexibility index (Phi) is 3.35. The summed E-state index contributed by atoms with van der Waals surface area (Å²) >= 11 is 0. The third-order valence-electron chi connectivity index (χ3n) is 4.97. The number of aromatic amines is 1. The van der Waals surface area contributed by atoms with Crippen LogP contribution in [0.15, 0.2) is 77.7 Å². The monoisotopic (exact) mass is 339 g/mol. The van der Waals surface area contributed by atoms with Gasteiger partial charge in [0.05, 0.1) is 5.56 Å². The van der Waals surface area contributed by atoms with Gasteiger partial charge in [0.2, 0.25) is 0 Å². The molecule has 0 saturated heterocycles. The van der Waals surface area contributed by atoms with Gasteiger partial charge in [-0.1, -0.05) is 54.6 Å². The van der Waals surface area contributed by atoms with Gasteiger partial charge in [0.1, 0.15) is 0 Å². The van der Waals surface area contributed by atoms with Crippen LogP contribution in [0, 0.1) is 0 Å². The van der Waals surface area contributed by atoms with Gasteiger partial charge in [0.25, 0.3) is 5.56 Å². The van der Waals surface area contributed by atoms with Crippen LogP contribution in [0.25, 0.3) is 28.1 Å². The summed E-state index contributed by atoms with van der Waals surface area (Å²) in [6.45, 7) is 0. The van der Waals surface area contributed by atoms with E-state index in [-0.39, 0.29) is 5.56 Å². The molecule has 2 aromatic carbocycles. The van der Waals surface area contributed by atoms with Gasteiger partial charge >= 0.3 is 0 Å². The average molecular weight is 339 g/mol. The third kappa shape index (κ3) is 2.30. The van der Waals surface area contributed by atoms with E-state index in [1.165, 1.54) is 16.7 Å². The third-order valence-corrected chi connectivity index (χ3v) is 4.97. The van der Waals surface area contributed by atoms with Crippen LogP contribution in [-0.4, -0.2) is 14.8 Å². The molecule has 2 heterocycles. The van der Waals surface area contributed by atoms with Crippen LogP contribution in [0.2, 0.25) is 0 Å². The molecule has 0 spiro atoms. The standard InChI is InChI=1S/C22H17N3O/c26-22-21-18-11-9-16(15-6-2-1-3-7-15)14-17(18)10-12-19(21)24-25(22)20-8-4-5-13-23-20/h1-9,11,13-14,24H,10,12H2. The van der Waals surface area contributed by atoms with E-state index in [0.29, 0.717) is 5.82 Å². The minimum absolute atomic E-state index is 0.0351. The first-order valence-electron chi connectivity index (χ1n) is 8.75. The summed E-state index contributed by atoms with van der Waals surface area (Å²) in [4.78, 5) is 17.3. The number of rotatable bonds is 2. The molecule has 1 aliphatic rings. The molecule has 2 aromatic heterocycles.